The van der Waals surface area contributed by atoms with Crippen LogP contribution in [0, 0.1) is 11.8 Å². The van der Waals surface area contributed by atoms with Crippen LogP contribution in [0.1, 0.15) is 76.0 Å². The highest BCUT2D eigenvalue weighted by molar-refractivity contribution is 5.74. The first kappa shape index (κ1) is 15.9. The number of aromatic nitrogens is 3. The molecule has 2 heterocycles. The van der Waals surface area contributed by atoms with Crippen molar-refractivity contribution in [1.82, 2.24) is 25.4 Å². The molecule has 0 unspecified atom stereocenters. The van der Waals surface area contributed by atoms with Crippen molar-refractivity contribution in [1.29, 1.82) is 0 Å². The van der Waals surface area contributed by atoms with Gasteiger partial charge < -0.3 is 10.6 Å². The lowest BCUT2D eigenvalue weighted by molar-refractivity contribution is 0.214. The predicted octanol–water partition coefficient (Wildman–Crippen LogP) is 2.94. The highest BCUT2D eigenvalue weighted by Gasteiger charge is 2.35. The number of carbonyl (C=O) groups is 1. The topological polar surface area (TPSA) is 71.8 Å². The largest absolute Gasteiger partial charge is 0.335 e. The maximum absolute atomic E-state index is 12.5. The Morgan fingerprint density at radius 1 is 1.12 bits per heavy atom. The summed E-state index contributed by atoms with van der Waals surface area (Å²) < 4.78 is 1.97. The summed E-state index contributed by atoms with van der Waals surface area (Å²) in [5.41, 5.74) is 0. The molecule has 2 fully saturated rings. The molecule has 2 N–H and O–H groups in total. The van der Waals surface area contributed by atoms with E-state index >= 15 is 0 Å². The van der Waals surface area contributed by atoms with Gasteiger partial charge in [0.2, 0.25) is 0 Å². The summed E-state index contributed by atoms with van der Waals surface area (Å²) in [5, 5.41) is 10.9. The zero-order chi connectivity index (χ0) is 16.5. The van der Waals surface area contributed by atoms with Crippen LogP contribution in [0.15, 0.2) is 0 Å². The number of nitrogens with one attached hydrogen (secondary N) is 2. The molecule has 24 heavy (non-hydrogen) atoms. The molecule has 1 aromatic rings. The number of carbonyl (C=O) groups excluding carboxylic acids is 1. The molecule has 4 rings (SSSR count). The molecule has 0 saturated heterocycles. The van der Waals surface area contributed by atoms with Gasteiger partial charge >= 0.3 is 6.03 Å². The van der Waals surface area contributed by atoms with Gasteiger partial charge in [-0.15, -0.1) is 0 Å². The molecule has 0 bridgehead atoms. The van der Waals surface area contributed by atoms with E-state index in [1.807, 2.05) is 4.68 Å². The van der Waals surface area contributed by atoms with Crippen LogP contribution in [0.4, 0.5) is 4.79 Å². The number of aryl methyl sites for hydroxylation is 2. The Balaban J connectivity index is 1.34. The van der Waals surface area contributed by atoms with E-state index in [0.717, 1.165) is 55.7 Å². The standard InChI is InChI=1S/C18H29N5O/c1-2-16-21-17-15(7-4-10-23(17)22-16)20-18(24)19-14-6-3-5-13(11-14)12-8-9-12/h12-15H,2-11H2,1H3,(H2,19,20,24)/t13-,14+,15-/m0/s1. The Bertz CT molecular complexity index is 594. The highest BCUT2D eigenvalue weighted by atomic mass is 16.2. The number of fused-ring (bicyclic) bond motifs is 1. The maximum Gasteiger partial charge on any atom is 0.315 e. The predicted molar refractivity (Wildman–Crippen MR) is 91.5 cm³/mol. The minimum Gasteiger partial charge on any atom is -0.335 e. The maximum atomic E-state index is 12.5. The normalized spacial score (nSPS) is 29.8. The van der Waals surface area contributed by atoms with Crippen LogP contribution >= 0.6 is 0 Å². The van der Waals surface area contributed by atoms with Gasteiger partial charge in [-0.1, -0.05) is 19.8 Å². The SMILES string of the molecule is CCc1nc2n(n1)CCC[C@@H]2NC(=O)N[C@@H]1CCC[C@H](C2CC2)C1. The number of hydrogen-bond acceptors (Lipinski definition) is 3. The van der Waals surface area contributed by atoms with Crippen LogP contribution in [0.3, 0.4) is 0 Å². The summed E-state index contributed by atoms with van der Waals surface area (Å²) in [6.07, 6.45) is 10.5. The van der Waals surface area contributed by atoms with Crippen LogP contribution in [0.2, 0.25) is 0 Å². The molecular formula is C18H29N5O. The van der Waals surface area contributed by atoms with Crippen molar-refractivity contribution in [3.8, 4) is 0 Å². The van der Waals surface area contributed by atoms with Crippen molar-refractivity contribution in [2.45, 2.75) is 83.3 Å². The second-order valence-corrected chi connectivity index (χ2v) is 7.74. The first-order chi connectivity index (χ1) is 11.7. The van der Waals surface area contributed by atoms with Crippen molar-refractivity contribution in [3.05, 3.63) is 11.6 Å². The van der Waals surface area contributed by atoms with E-state index in [1.165, 1.54) is 32.1 Å². The van der Waals surface area contributed by atoms with E-state index in [9.17, 15) is 4.79 Å². The van der Waals surface area contributed by atoms with Gasteiger partial charge in [0.1, 0.15) is 5.82 Å². The lowest BCUT2D eigenvalue weighted by Crippen LogP contribution is -2.46. The average molecular weight is 331 g/mol. The molecule has 2 saturated carbocycles. The summed E-state index contributed by atoms with van der Waals surface area (Å²) in [6, 6.07) is 0.308. The van der Waals surface area contributed by atoms with Crippen LogP contribution < -0.4 is 10.6 Å². The summed E-state index contributed by atoms with van der Waals surface area (Å²) in [7, 11) is 0. The minimum absolute atomic E-state index is 0.00521. The van der Waals surface area contributed by atoms with Gasteiger partial charge in [-0.05, 0) is 50.4 Å². The van der Waals surface area contributed by atoms with Crippen molar-refractivity contribution < 1.29 is 4.79 Å². The zero-order valence-corrected chi connectivity index (χ0v) is 14.6. The van der Waals surface area contributed by atoms with Gasteiger partial charge in [0.05, 0.1) is 6.04 Å². The Morgan fingerprint density at radius 3 is 2.79 bits per heavy atom. The van der Waals surface area contributed by atoms with Crippen molar-refractivity contribution in [2.24, 2.45) is 11.8 Å². The van der Waals surface area contributed by atoms with Crippen molar-refractivity contribution >= 4 is 6.03 Å². The molecule has 3 atom stereocenters. The van der Waals surface area contributed by atoms with Gasteiger partial charge in [0, 0.05) is 19.0 Å². The third kappa shape index (κ3) is 3.42. The molecule has 2 amide bonds. The molecule has 1 aliphatic heterocycles. The Kier molecular flexibility index (Phi) is 4.46. The molecule has 132 valence electrons. The number of nitrogens with zero attached hydrogens (tertiary/aromatic N) is 3. The Hall–Kier alpha value is -1.59. The fraction of sp³-hybridized carbons (Fsp3) is 0.833. The highest BCUT2D eigenvalue weighted by Crippen LogP contribution is 2.43. The fourth-order valence-corrected chi connectivity index (χ4v) is 4.43. The number of hydrogen-bond donors (Lipinski definition) is 2. The molecular weight excluding hydrogens is 302 g/mol. The van der Waals surface area contributed by atoms with E-state index in [-0.39, 0.29) is 12.1 Å². The van der Waals surface area contributed by atoms with Gasteiger partial charge in [0.25, 0.3) is 0 Å². The Labute approximate surface area is 143 Å². The molecule has 2 aliphatic carbocycles. The van der Waals surface area contributed by atoms with Crippen LogP contribution in [-0.2, 0) is 13.0 Å². The summed E-state index contributed by atoms with van der Waals surface area (Å²) in [4.78, 5) is 17.1. The van der Waals surface area contributed by atoms with E-state index in [1.54, 1.807) is 0 Å². The van der Waals surface area contributed by atoms with Gasteiger partial charge in [-0.3, -0.25) is 0 Å². The zero-order valence-electron chi connectivity index (χ0n) is 14.6. The van der Waals surface area contributed by atoms with Crippen molar-refractivity contribution in [2.75, 3.05) is 0 Å². The average Bonchev–Trinajstić information content (AvgIpc) is 3.34. The molecule has 6 nitrogen and oxygen atoms in total. The van der Waals surface area contributed by atoms with E-state index in [0.29, 0.717) is 6.04 Å². The second-order valence-electron chi connectivity index (χ2n) is 7.74. The quantitative estimate of drug-likeness (QED) is 0.891. The first-order valence-electron chi connectivity index (χ1n) is 9.73. The smallest absolute Gasteiger partial charge is 0.315 e. The van der Waals surface area contributed by atoms with Crippen molar-refractivity contribution in [3.63, 3.8) is 0 Å². The molecule has 3 aliphatic rings. The van der Waals surface area contributed by atoms with Crippen LogP contribution in [0.25, 0.3) is 0 Å². The molecule has 6 heteroatoms. The monoisotopic (exact) mass is 331 g/mol. The van der Waals surface area contributed by atoms with E-state index in [4.69, 9.17) is 0 Å². The van der Waals surface area contributed by atoms with Gasteiger partial charge in [0.15, 0.2) is 5.82 Å². The molecule has 0 aromatic carbocycles. The second kappa shape index (κ2) is 6.73. The Morgan fingerprint density at radius 2 is 2.00 bits per heavy atom. The summed E-state index contributed by atoms with van der Waals surface area (Å²) >= 11 is 0. The summed E-state index contributed by atoms with van der Waals surface area (Å²) in [5.74, 6) is 3.59. The summed E-state index contributed by atoms with van der Waals surface area (Å²) in [6.45, 7) is 2.98. The molecule has 0 spiro atoms. The lowest BCUT2D eigenvalue weighted by Gasteiger charge is -2.31. The first-order valence-corrected chi connectivity index (χ1v) is 9.73. The van der Waals surface area contributed by atoms with Gasteiger partial charge in [-0.2, -0.15) is 5.10 Å². The van der Waals surface area contributed by atoms with Crippen LogP contribution in [-0.4, -0.2) is 26.8 Å². The van der Waals surface area contributed by atoms with Gasteiger partial charge in [-0.25, -0.2) is 14.5 Å². The number of amides is 2. The van der Waals surface area contributed by atoms with Crippen LogP contribution in [0.5, 0.6) is 0 Å². The minimum atomic E-state index is -0.0315. The fourth-order valence-electron chi connectivity index (χ4n) is 4.43. The number of urea groups is 1. The third-order valence-electron chi connectivity index (χ3n) is 5.88. The number of rotatable bonds is 4. The van der Waals surface area contributed by atoms with E-state index < -0.39 is 0 Å². The van der Waals surface area contributed by atoms with E-state index in [2.05, 4.69) is 27.6 Å². The molecule has 1 aromatic heterocycles. The third-order valence-corrected chi connectivity index (χ3v) is 5.88. The lowest BCUT2D eigenvalue weighted by atomic mass is 9.83. The molecule has 0 radical (unpaired) electrons.